The summed E-state index contributed by atoms with van der Waals surface area (Å²) in [6, 6.07) is 10.1. The minimum atomic E-state index is -0.655. The van der Waals surface area contributed by atoms with Crippen LogP contribution in [0, 0.1) is 0 Å². The smallest absolute Gasteiger partial charge is 0.111 e. The number of hydrogen-bond acceptors (Lipinski definition) is 2. The van der Waals surface area contributed by atoms with Gasteiger partial charge in [-0.05, 0) is 25.3 Å². The first-order valence-corrected chi connectivity index (χ1v) is 6.15. The van der Waals surface area contributed by atoms with Gasteiger partial charge in [-0.2, -0.15) is 0 Å². The van der Waals surface area contributed by atoms with E-state index in [4.69, 9.17) is 4.74 Å². The molecule has 2 nitrogen and oxygen atoms in total. The molecule has 1 N–H and O–H groups in total. The van der Waals surface area contributed by atoms with Crippen LogP contribution < -0.4 is 0 Å². The number of rotatable bonds is 4. The molecule has 2 heteroatoms. The summed E-state index contributed by atoms with van der Waals surface area (Å²) in [5.74, 6) is 0. The molecule has 16 heavy (non-hydrogen) atoms. The summed E-state index contributed by atoms with van der Waals surface area (Å²) in [4.78, 5) is 0. The monoisotopic (exact) mass is 220 g/mol. The molecular weight excluding hydrogens is 200 g/mol. The molecular formula is C14H20O2. The van der Waals surface area contributed by atoms with Crippen molar-refractivity contribution in [2.24, 2.45) is 0 Å². The van der Waals surface area contributed by atoms with Crippen molar-refractivity contribution in [3.63, 3.8) is 0 Å². The zero-order valence-corrected chi connectivity index (χ0v) is 9.86. The van der Waals surface area contributed by atoms with Gasteiger partial charge >= 0.3 is 0 Å². The van der Waals surface area contributed by atoms with Gasteiger partial charge < -0.3 is 9.84 Å². The minimum Gasteiger partial charge on any atom is -0.387 e. The molecule has 1 aliphatic carbocycles. The van der Waals surface area contributed by atoms with E-state index in [9.17, 15) is 5.11 Å². The van der Waals surface area contributed by atoms with E-state index in [2.05, 4.69) is 0 Å². The third-order valence-corrected chi connectivity index (χ3v) is 3.39. The number of ether oxygens (including phenoxy) is 1. The second-order valence-corrected chi connectivity index (χ2v) is 4.56. The molecule has 0 spiro atoms. The summed E-state index contributed by atoms with van der Waals surface area (Å²) in [5, 5.41) is 10.6. The van der Waals surface area contributed by atoms with Crippen LogP contribution in [0.4, 0.5) is 0 Å². The Morgan fingerprint density at radius 1 is 1.25 bits per heavy atom. The summed E-state index contributed by atoms with van der Waals surface area (Å²) < 4.78 is 5.76. The number of hydrogen-bond donors (Lipinski definition) is 1. The summed E-state index contributed by atoms with van der Waals surface area (Å²) in [6.07, 6.45) is 3.75. The third kappa shape index (κ3) is 2.28. The predicted octanol–water partition coefficient (Wildman–Crippen LogP) is 3.07. The van der Waals surface area contributed by atoms with Crippen LogP contribution in [0.25, 0.3) is 0 Å². The van der Waals surface area contributed by atoms with Crippen molar-refractivity contribution in [3.05, 3.63) is 35.9 Å². The molecule has 2 rings (SSSR count). The molecule has 88 valence electrons. The van der Waals surface area contributed by atoms with Crippen LogP contribution in [0.5, 0.6) is 0 Å². The minimum absolute atomic E-state index is 0.166. The van der Waals surface area contributed by atoms with Gasteiger partial charge in [0, 0.05) is 6.61 Å². The van der Waals surface area contributed by atoms with Gasteiger partial charge in [-0.25, -0.2) is 0 Å². The summed E-state index contributed by atoms with van der Waals surface area (Å²) >= 11 is 0. The Bertz CT molecular complexity index is 315. The highest BCUT2D eigenvalue weighted by atomic mass is 16.5. The fourth-order valence-electron chi connectivity index (χ4n) is 2.61. The second-order valence-electron chi connectivity index (χ2n) is 4.56. The zero-order chi connectivity index (χ0) is 11.4. The van der Waals surface area contributed by atoms with Crippen LogP contribution >= 0.6 is 0 Å². The molecule has 1 aromatic rings. The highest BCUT2D eigenvalue weighted by Crippen LogP contribution is 2.41. The van der Waals surface area contributed by atoms with Gasteiger partial charge in [0.2, 0.25) is 0 Å². The molecule has 0 bridgehead atoms. The van der Waals surface area contributed by atoms with Gasteiger partial charge in [0.1, 0.15) is 6.10 Å². The van der Waals surface area contributed by atoms with E-state index in [-0.39, 0.29) is 6.10 Å². The topological polar surface area (TPSA) is 29.5 Å². The highest BCUT2D eigenvalue weighted by molar-refractivity contribution is 5.21. The van der Waals surface area contributed by atoms with E-state index in [1.165, 1.54) is 0 Å². The first-order chi connectivity index (χ1) is 7.76. The maximum Gasteiger partial charge on any atom is 0.111 e. The van der Waals surface area contributed by atoms with Crippen LogP contribution in [0.15, 0.2) is 30.3 Å². The second kappa shape index (κ2) is 4.98. The van der Waals surface area contributed by atoms with E-state index in [0.29, 0.717) is 6.61 Å². The van der Waals surface area contributed by atoms with E-state index in [1.54, 1.807) is 0 Å². The van der Waals surface area contributed by atoms with Crippen molar-refractivity contribution in [1.29, 1.82) is 0 Å². The highest BCUT2D eigenvalue weighted by Gasteiger charge is 2.40. The Balaban J connectivity index is 2.23. The summed E-state index contributed by atoms with van der Waals surface area (Å²) in [7, 11) is 0. The maximum absolute atomic E-state index is 10.6. The predicted molar refractivity (Wildman–Crippen MR) is 64.2 cm³/mol. The molecule has 1 unspecified atom stereocenters. The maximum atomic E-state index is 10.6. The Hall–Kier alpha value is -0.860. The van der Waals surface area contributed by atoms with Gasteiger partial charge in [0.15, 0.2) is 0 Å². The summed E-state index contributed by atoms with van der Waals surface area (Å²) in [6.45, 7) is 2.62. The molecule has 0 amide bonds. The van der Waals surface area contributed by atoms with E-state index in [1.807, 2.05) is 37.3 Å². The molecule has 0 saturated heterocycles. The van der Waals surface area contributed by atoms with Gasteiger partial charge in [-0.15, -0.1) is 0 Å². The largest absolute Gasteiger partial charge is 0.387 e. The SMILES string of the molecule is CCOC(c1ccccc1)C1(O)CCCC1. The van der Waals surface area contributed by atoms with Crippen molar-refractivity contribution in [2.75, 3.05) is 6.61 Å². The standard InChI is InChI=1S/C14H20O2/c1-2-16-13(12-8-4-3-5-9-12)14(15)10-6-7-11-14/h3-5,8-9,13,15H,2,6-7,10-11H2,1H3. The van der Waals surface area contributed by atoms with Gasteiger partial charge in [0.05, 0.1) is 5.60 Å². The van der Waals surface area contributed by atoms with Crippen molar-refractivity contribution < 1.29 is 9.84 Å². The van der Waals surface area contributed by atoms with Crippen LogP contribution in [-0.2, 0) is 4.74 Å². The summed E-state index contributed by atoms with van der Waals surface area (Å²) in [5.41, 5.74) is 0.436. The molecule has 0 radical (unpaired) electrons. The van der Waals surface area contributed by atoms with Crippen molar-refractivity contribution in [1.82, 2.24) is 0 Å². The van der Waals surface area contributed by atoms with Crippen molar-refractivity contribution >= 4 is 0 Å². The average Bonchev–Trinajstić information content (AvgIpc) is 2.75. The number of aliphatic hydroxyl groups is 1. The van der Waals surface area contributed by atoms with Crippen LogP contribution in [0.3, 0.4) is 0 Å². The fraction of sp³-hybridized carbons (Fsp3) is 0.571. The molecule has 1 atom stereocenters. The fourth-order valence-corrected chi connectivity index (χ4v) is 2.61. The molecule has 0 aliphatic heterocycles. The van der Waals surface area contributed by atoms with Crippen LogP contribution in [0.1, 0.15) is 44.3 Å². The Morgan fingerprint density at radius 2 is 1.88 bits per heavy atom. The molecule has 0 heterocycles. The normalized spacial score (nSPS) is 20.9. The van der Waals surface area contributed by atoms with Gasteiger partial charge in [0.25, 0.3) is 0 Å². The lowest BCUT2D eigenvalue weighted by Gasteiger charge is -2.32. The number of benzene rings is 1. The lowest BCUT2D eigenvalue weighted by Crippen LogP contribution is -2.34. The molecule has 1 aromatic carbocycles. The van der Waals surface area contributed by atoms with Crippen molar-refractivity contribution in [2.45, 2.75) is 44.3 Å². The van der Waals surface area contributed by atoms with Crippen molar-refractivity contribution in [3.8, 4) is 0 Å². The lowest BCUT2D eigenvalue weighted by atomic mass is 9.89. The quantitative estimate of drug-likeness (QED) is 0.845. The Morgan fingerprint density at radius 3 is 2.44 bits per heavy atom. The average molecular weight is 220 g/mol. The molecule has 0 aromatic heterocycles. The van der Waals surface area contributed by atoms with E-state index < -0.39 is 5.60 Å². The van der Waals surface area contributed by atoms with Crippen LogP contribution in [-0.4, -0.2) is 17.3 Å². The van der Waals surface area contributed by atoms with Gasteiger partial charge in [-0.1, -0.05) is 43.2 Å². The molecule has 1 aliphatic rings. The van der Waals surface area contributed by atoms with E-state index in [0.717, 1.165) is 31.2 Å². The molecule has 1 saturated carbocycles. The zero-order valence-electron chi connectivity index (χ0n) is 9.86. The third-order valence-electron chi connectivity index (χ3n) is 3.39. The van der Waals surface area contributed by atoms with Gasteiger partial charge in [-0.3, -0.25) is 0 Å². The Labute approximate surface area is 97.3 Å². The van der Waals surface area contributed by atoms with Crippen LogP contribution in [0.2, 0.25) is 0 Å². The van der Waals surface area contributed by atoms with E-state index >= 15 is 0 Å². The Kier molecular flexibility index (Phi) is 3.62. The first-order valence-electron chi connectivity index (χ1n) is 6.15. The lowest BCUT2D eigenvalue weighted by molar-refractivity contribution is -0.105. The first kappa shape index (κ1) is 11.6. The molecule has 1 fully saturated rings.